The molecule has 0 unspecified atom stereocenters. The smallest absolute Gasteiger partial charge is 0.226 e. The van der Waals surface area contributed by atoms with Crippen molar-refractivity contribution in [3.05, 3.63) is 71.3 Å². The highest BCUT2D eigenvalue weighted by atomic mass is 16.2. The Morgan fingerprint density at radius 2 is 1.87 bits per heavy atom. The van der Waals surface area contributed by atoms with Crippen LogP contribution in [0.4, 0.5) is 0 Å². The number of rotatable bonds is 5. The molecule has 0 radical (unpaired) electrons. The van der Waals surface area contributed by atoms with Gasteiger partial charge in [0.25, 0.3) is 0 Å². The summed E-state index contributed by atoms with van der Waals surface area (Å²) < 4.78 is 0. The van der Waals surface area contributed by atoms with Crippen molar-refractivity contribution < 1.29 is 4.79 Å². The molecule has 2 aromatic carbocycles. The molecule has 116 valence electrons. The van der Waals surface area contributed by atoms with Crippen LogP contribution in [0.1, 0.15) is 29.2 Å². The number of β-lactam (4-membered cyclic amide) rings is 1. The molecule has 2 aromatic rings. The fourth-order valence-electron chi connectivity index (χ4n) is 2.91. The van der Waals surface area contributed by atoms with Crippen LogP contribution < -0.4 is 0 Å². The van der Waals surface area contributed by atoms with Crippen LogP contribution in [0, 0.1) is 11.3 Å². The maximum Gasteiger partial charge on any atom is 0.226 e. The van der Waals surface area contributed by atoms with Gasteiger partial charge in [-0.1, -0.05) is 42.5 Å². The van der Waals surface area contributed by atoms with Crippen LogP contribution >= 0.6 is 0 Å². The number of carbonyl (C=O) groups excluding carboxylic acids is 1. The van der Waals surface area contributed by atoms with E-state index in [0.29, 0.717) is 18.7 Å². The van der Waals surface area contributed by atoms with Crippen molar-refractivity contribution >= 4 is 5.91 Å². The van der Waals surface area contributed by atoms with Crippen LogP contribution in [0.25, 0.3) is 0 Å². The molecule has 1 aliphatic rings. The number of hydrogen-bond donors (Lipinski definition) is 0. The number of hydrogen-bond acceptors (Lipinski definition) is 3. The van der Waals surface area contributed by atoms with Crippen molar-refractivity contribution in [3.8, 4) is 6.07 Å². The Kier molecular flexibility index (Phi) is 4.40. The Balaban J connectivity index is 1.61. The Hall–Kier alpha value is -2.64. The highest BCUT2D eigenvalue weighted by Crippen LogP contribution is 2.34. The second-order valence-corrected chi connectivity index (χ2v) is 5.96. The third-order valence-corrected chi connectivity index (χ3v) is 4.18. The minimum Gasteiger partial charge on any atom is -0.322 e. The van der Waals surface area contributed by atoms with E-state index in [1.165, 1.54) is 5.56 Å². The summed E-state index contributed by atoms with van der Waals surface area (Å²) in [6.07, 6.45) is 0.592. The molecule has 1 amide bonds. The highest BCUT2D eigenvalue weighted by molar-refractivity contribution is 5.83. The molecule has 4 heteroatoms. The summed E-state index contributed by atoms with van der Waals surface area (Å²) >= 11 is 0. The fraction of sp³-hybridized carbons (Fsp3) is 0.263. The number of benzene rings is 2. The van der Waals surface area contributed by atoms with Crippen LogP contribution in [-0.4, -0.2) is 29.4 Å². The Morgan fingerprint density at radius 1 is 1.17 bits per heavy atom. The van der Waals surface area contributed by atoms with Crippen LogP contribution in [0.5, 0.6) is 0 Å². The lowest BCUT2D eigenvalue weighted by atomic mass is 9.94. The first-order valence-corrected chi connectivity index (χ1v) is 7.69. The van der Waals surface area contributed by atoms with E-state index < -0.39 is 0 Å². The molecular weight excluding hydrogens is 286 g/mol. The van der Waals surface area contributed by atoms with Gasteiger partial charge in [0.2, 0.25) is 5.91 Å². The molecule has 1 heterocycles. The van der Waals surface area contributed by atoms with Gasteiger partial charge < -0.3 is 4.90 Å². The van der Waals surface area contributed by atoms with E-state index in [9.17, 15) is 4.79 Å². The summed E-state index contributed by atoms with van der Waals surface area (Å²) in [5.41, 5.74) is 2.99. The van der Waals surface area contributed by atoms with E-state index in [1.807, 2.05) is 54.4 Å². The normalized spacial score (nSPS) is 17.0. The van der Waals surface area contributed by atoms with Crippen LogP contribution in [0.15, 0.2) is 54.6 Å². The topological polar surface area (TPSA) is 47.3 Å². The molecule has 0 bridgehead atoms. The van der Waals surface area contributed by atoms with E-state index >= 15 is 0 Å². The first-order chi connectivity index (χ1) is 11.2. The lowest BCUT2D eigenvalue weighted by molar-refractivity contribution is -0.149. The minimum absolute atomic E-state index is 0.187. The van der Waals surface area contributed by atoms with Crippen LogP contribution in [-0.2, 0) is 11.3 Å². The molecule has 3 rings (SSSR count). The molecule has 1 saturated heterocycles. The van der Waals surface area contributed by atoms with E-state index in [4.69, 9.17) is 5.26 Å². The molecule has 0 aliphatic carbocycles. The fourth-order valence-corrected chi connectivity index (χ4v) is 2.91. The summed E-state index contributed by atoms with van der Waals surface area (Å²) in [6, 6.07) is 20.0. The van der Waals surface area contributed by atoms with Crippen LogP contribution in [0.2, 0.25) is 0 Å². The SMILES string of the molecule is CN(Cc1ccc(C#N)cc1)CN1C(=O)C[C@@H]1c1ccccc1. The quantitative estimate of drug-likeness (QED) is 0.798. The van der Waals surface area contributed by atoms with Crippen molar-refractivity contribution in [1.82, 2.24) is 9.80 Å². The molecule has 1 fully saturated rings. The molecule has 0 aromatic heterocycles. The zero-order chi connectivity index (χ0) is 16.2. The van der Waals surface area contributed by atoms with E-state index in [-0.39, 0.29) is 11.9 Å². The largest absolute Gasteiger partial charge is 0.322 e. The second-order valence-electron chi connectivity index (χ2n) is 5.96. The summed E-state index contributed by atoms with van der Waals surface area (Å²) in [5, 5.41) is 8.83. The van der Waals surface area contributed by atoms with E-state index in [0.717, 1.165) is 12.1 Å². The molecule has 1 aliphatic heterocycles. The summed E-state index contributed by atoms with van der Waals surface area (Å²) in [5.74, 6) is 0.200. The van der Waals surface area contributed by atoms with Gasteiger partial charge >= 0.3 is 0 Å². The van der Waals surface area contributed by atoms with Gasteiger partial charge in [-0.2, -0.15) is 5.26 Å². The first kappa shape index (κ1) is 15.3. The van der Waals surface area contributed by atoms with Crippen molar-refractivity contribution in [1.29, 1.82) is 5.26 Å². The van der Waals surface area contributed by atoms with Gasteiger partial charge in [-0.05, 0) is 30.3 Å². The maximum absolute atomic E-state index is 11.9. The maximum atomic E-state index is 11.9. The van der Waals surface area contributed by atoms with E-state index in [1.54, 1.807) is 0 Å². The van der Waals surface area contributed by atoms with Crippen LogP contribution in [0.3, 0.4) is 0 Å². The van der Waals surface area contributed by atoms with Gasteiger partial charge in [0.05, 0.1) is 30.8 Å². The predicted molar refractivity (Wildman–Crippen MR) is 88.1 cm³/mol. The zero-order valence-electron chi connectivity index (χ0n) is 13.1. The van der Waals surface area contributed by atoms with Gasteiger partial charge in [-0.15, -0.1) is 0 Å². The van der Waals surface area contributed by atoms with Gasteiger partial charge in [-0.25, -0.2) is 0 Å². The standard InChI is InChI=1S/C19H19N3O/c1-21(13-16-9-7-15(12-20)8-10-16)14-22-18(11-19(22)23)17-5-3-2-4-6-17/h2-10,18H,11,13-14H2,1H3/t18-/m1/s1. The Bertz CT molecular complexity index is 719. The first-order valence-electron chi connectivity index (χ1n) is 7.69. The number of nitriles is 1. The molecule has 0 spiro atoms. The van der Waals surface area contributed by atoms with Crippen molar-refractivity contribution in [2.45, 2.75) is 19.0 Å². The Morgan fingerprint density at radius 3 is 2.48 bits per heavy atom. The highest BCUT2D eigenvalue weighted by Gasteiger charge is 2.37. The molecular formula is C19H19N3O. The average Bonchev–Trinajstić information content (AvgIpc) is 2.59. The lowest BCUT2D eigenvalue weighted by Gasteiger charge is -2.42. The average molecular weight is 305 g/mol. The van der Waals surface area contributed by atoms with Gasteiger partial charge in [0, 0.05) is 6.54 Å². The summed E-state index contributed by atoms with van der Waals surface area (Å²) in [7, 11) is 2.01. The predicted octanol–water partition coefficient (Wildman–Crippen LogP) is 2.92. The minimum atomic E-state index is 0.187. The van der Waals surface area contributed by atoms with Crippen molar-refractivity contribution in [2.75, 3.05) is 13.7 Å². The monoisotopic (exact) mass is 305 g/mol. The number of carbonyl (C=O) groups is 1. The zero-order valence-corrected chi connectivity index (χ0v) is 13.1. The number of likely N-dealkylation sites (tertiary alicyclic amines) is 1. The summed E-state index contributed by atoms with van der Waals surface area (Å²) in [4.78, 5) is 16.0. The molecule has 0 saturated carbocycles. The number of amides is 1. The summed E-state index contributed by atoms with van der Waals surface area (Å²) in [6.45, 7) is 1.36. The van der Waals surface area contributed by atoms with Crippen molar-refractivity contribution in [2.24, 2.45) is 0 Å². The van der Waals surface area contributed by atoms with Gasteiger partial charge in [0.15, 0.2) is 0 Å². The van der Waals surface area contributed by atoms with Crippen molar-refractivity contribution in [3.63, 3.8) is 0 Å². The molecule has 0 N–H and O–H groups in total. The lowest BCUT2D eigenvalue weighted by Crippen LogP contribution is -2.50. The molecule has 4 nitrogen and oxygen atoms in total. The van der Waals surface area contributed by atoms with Gasteiger partial charge in [-0.3, -0.25) is 9.69 Å². The number of nitrogens with zero attached hydrogens (tertiary/aromatic N) is 3. The molecule has 23 heavy (non-hydrogen) atoms. The Labute approximate surface area is 136 Å². The second kappa shape index (κ2) is 6.64. The third kappa shape index (κ3) is 3.41. The third-order valence-electron chi connectivity index (χ3n) is 4.18. The van der Waals surface area contributed by atoms with Gasteiger partial charge in [0.1, 0.15) is 0 Å². The molecule has 1 atom stereocenters. The van der Waals surface area contributed by atoms with E-state index in [2.05, 4.69) is 23.1 Å².